The minimum Gasteiger partial charge on any atom is -0.455 e. The van der Waals surface area contributed by atoms with Gasteiger partial charge in [-0.1, -0.05) is 23.7 Å². The number of rotatable bonds is 6. The van der Waals surface area contributed by atoms with E-state index in [4.69, 9.17) is 21.8 Å². The van der Waals surface area contributed by atoms with Gasteiger partial charge in [0.25, 0.3) is 5.91 Å². The van der Waals surface area contributed by atoms with Gasteiger partial charge in [0.05, 0.1) is 17.2 Å². The average molecular weight is 462 g/mol. The summed E-state index contributed by atoms with van der Waals surface area (Å²) in [7, 11) is 0. The number of aromatic nitrogens is 4. The molecule has 3 heterocycles. The Hall–Kier alpha value is -4.44. The number of fused-ring (bicyclic) bond motifs is 1. The smallest absolute Gasteiger partial charge is 0.260 e. The molecule has 2 aromatic carbocycles. The van der Waals surface area contributed by atoms with E-state index in [1.54, 1.807) is 22.8 Å². The first-order chi connectivity index (χ1) is 16.1. The molecule has 5 rings (SSSR count). The fourth-order valence-electron chi connectivity index (χ4n) is 3.31. The normalized spacial score (nSPS) is 11.4. The van der Waals surface area contributed by atoms with E-state index in [0.29, 0.717) is 27.9 Å². The quantitative estimate of drug-likeness (QED) is 0.290. The van der Waals surface area contributed by atoms with Gasteiger partial charge in [-0.25, -0.2) is 15.0 Å². The zero-order valence-electron chi connectivity index (χ0n) is 17.0. The molecule has 0 fully saturated rings. The SMILES string of the molecule is Nc1nonc1-c1nc2ccccc2n1CC(=O)N/N=C/c1ccc(-c2ccc(Cl)cc2)o1. The highest BCUT2D eigenvalue weighted by atomic mass is 35.5. The number of para-hydroxylation sites is 2. The number of hydrazone groups is 1. The third kappa shape index (κ3) is 4.19. The van der Waals surface area contributed by atoms with Crippen molar-refractivity contribution >= 4 is 40.6 Å². The molecule has 0 saturated carbocycles. The topological polar surface area (TPSA) is 137 Å². The molecule has 10 nitrogen and oxygen atoms in total. The Balaban J connectivity index is 1.32. The van der Waals surface area contributed by atoms with Crippen molar-refractivity contribution in [3.05, 3.63) is 71.4 Å². The molecule has 3 aromatic heterocycles. The predicted octanol–water partition coefficient (Wildman–Crippen LogP) is 3.73. The lowest BCUT2D eigenvalue weighted by atomic mass is 10.2. The zero-order chi connectivity index (χ0) is 22.8. The minimum atomic E-state index is -0.379. The molecule has 0 radical (unpaired) electrons. The maximum Gasteiger partial charge on any atom is 0.260 e. The number of furan rings is 1. The summed E-state index contributed by atoms with van der Waals surface area (Å²) in [6.07, 6.45) is 1.42. The number of benzene rings is 2. The van der Waals surface area contributed by atoms with Crippen molar-refractivity contribution < 1.29 is 13.8 Å². The Morgan fingerprint density at radius 1 is 1.12 bits per heavy atom. The van der Waals surface area contributed by atoms with Crippen LogP contribution in [0.5, 0.6) is 0 Å². The van der Waals surface area contributed by atoms with Gasteiger partial charge in [0, 0.05) is 10.6 Å². The Kier molecular flexibility index (Phi) is 5.33. The standard InChI is InChI=1S/C22H16ClN7O3/c23-14-7-5-13(6-8-14)18-10-9-15(32-18)11-25-27-19(31)12-30-17-4-2-1-3-16(17)26-22(30)20-21(24)29-33-28-20/h1-11H,12H2,(H2,24,29)(H,27,31)/b25-11+. The summed E-state index contributed by atoms with van der Waals surface area (Å²) >= 11 is 5.92. The molecule has 33 heavy (non-hydrogen) atoms. The number of nitrogens with one attached hydrogen (secondary N) is 1. The summed E-state index contributed by atoms with van der Waals surface area (Å²) in [5.74, 6) is 1.21. The van der Waals surface area contributed by atoms with Crippen molar-refractivity contribution in [1.29, 1.82) is 0 Å². The highest BCUT2D eigenvalue weighted by Crippen LogP contribution is 2.26. The van der Waals surface area contributed by atoms with E-state index in [-0.39, 0.29) is 24.0 Å². The van der Waals surface area contributed by atoms with E-state index < -0.39 is 0 Å². The summed E-state index contributed by atoms with van der Waals surface area (Å²) in [5.41, 5.74) is 10.9. The highest BCUT2D eigenvalue weighted by Gasteiger charge is 2.20. The molecule has 0 saturated heterocycles. The number of carbonyl (C=O) groups excluding carboxylic acids is 1. The Morgan fingerprint density at radius 3 is 2.73 bits per heavy atom. The molecular formula is C22H16ClN7O3. The maximum absolute atomic E-state index is 12.6. The van der Waals surface area contributed by atoms with Gasteiger partial charge in [-0.15, -0.1) is 0 Å². The largest absolute Gasteiger partial charge is 0.455 e. The van der Waals surface area contributed by atoms with Gasteiger partial charge < -0.3 is 14.7 Å². The van der Waals surface area contributed by atoms with Crippen LogP contribution in [0.2, 0.25) is 5.02 Å². The molecule has 0 bridgehead atoms. The minimum absolute atomic E-state index is 0.0757. The van der Waals surface area contributed by atoms with Crippen LogP contribution in [0.3, 0.4) is 0 Å². The molecule has 1 amide bonds. The fourth-order valence-corrected chi connectivity index (χ4v) is 3.43. The van der Waals surface area contributed by atoms with Crippen LogP contribution in [-0.4, -0.2) is 32.0 Å². The second kappa shape index (κ2) is 8.60. The van der Waals surface area contributed by atoms with Gasteiger partial charge in [-0.2, -0.15) is 5.10 Å². The average Bonchev–Trinajstić information content (AvgIpc) is 3.54. The first-order valence-electron chi connectivity index (χ1n) is 9.80. The van der Waals surface area contributed by atoms with Gasteiger partial charge in [-0.05, 0) is 58.8 Å². The van der Waals surface area contributed by atoms with Crippen LogP contribution in [-0.2, 0) is 11.3 Å². The Morgan fingerprint density at radius 2 is 1.94 bits per heavy atom. The molecule has 164 valence electrons. The van der Waals surface area contributed by atoms with E-state index >= 15 is 0 Å². The maximum atomic E-state index is 12.6. The summed E-state index contributed by atoms with van der Waals surface area (Å²) in [5, 5.41) is 12.0. The van der Waals surface area contributed by atoms with Gasteiger partial charge in [-0.3, -0.25) is 4.79 Å². The van der Waals surface area contributed by atoms with Crippen LogP contribution in [0.4, 0.5) is 5.82 Å². The number of carbonyl (C=O) groups is 1. The van der Waals surface area contributed by atoms with Crippen LogP contribution in [0.1, 0.15) is 5.76 Å². The Labute approximate surface area is 191 Å². The zero-order valence-corrected chi connectivity index (χ0v) is 17.7. The van der Waals surface area contributed by atoms with Crippen molar-refractivity contribution in [2.45, 2.75) is 6.54 Å². The third-order valence-corrected chi connectivity index (χ3v) is 5.07. The lowest BCUT2D eigenvalue weighted by Crippen LogP contribution is -2.23. The number of hydrogen-bond donors (Lipinski definition) is 2. The van der Waals surface area contributed by atoms with Crippen LogP contribution in [0.15, 0.2) is 74.8 Å². The van der Waals surface area contributed by atoms with Crippen LogP contribution >= 0.6 is 11.6 Å². The summed E-state index contributed by atoms with van der Waals surface area (Å²) in [6, 6.07) is 18.2. The second-order valence-electron chi connectivity index (χ2n) is 7.01. The molecular weight excluding hydrogens is 446 g/mol. The third-order valence-electron chi connectivity index (χ3n) is 4.82. The fraction of sp³-hybridized carbons (Fsp3) is 0.0455. The van der Waals surface area contributed by atoms with Crippen molar-refractivity contribution in [2.24, 2.45) is 5.10 Å². The summed E-state index contributed by atoms with van der Waals surface area (Å²) < 4.78 is 12.1. The number of anilines is 1. The van der Waals surface area contributed by atoms with Crippen molar-refractivity contribution in [3.8, 4) is 22.8 Å². The van der Waals surface area contributed by atoms with Crippen LogP contribution in [0, 0.1) is 0 Å². The number of imidazole rings is 1. The van der Waals surface area contributed by atoms with E-state index in [1.807, 2.05) is 42.5 Å². The first kappa shape index (κ1) is 20.5. The highest BCUT2D eigenvalue weighted by molar-refractivity contribution is 6.30. The van der Waals surface area contributed by atoms with Gasteiger partial charge in [0.15, 0.2) is 17.3 Å². The lowest BCUT2D eigenvalue weighted by Gasteiger charge is -2.06. The number of nitrogens with zero attached hydrogens (tertiary/aromatic N) is 5. The number of halogens is 1. The molecule has 3 N–H and O–H groups in total. The van der Waals surface area contributed by atoms with Crippen molar-refractivity contribution in [3.63, 3.8) is 0 Å². The lowest BCUT2D eigenvalue weighted by molar-refractivity contribution is -0.121. The van der Waals surface area contributed by atoms with Gasteiger partial charge >= 0.3 is 0 Å². The van der Waals surface area contributed by atoms with E-state index in [9.17, 15) is 4.79 Å². The van der Waals surface area contributed by atoms with Gasteiger partial charge in [0.1, 0.15) is 18.1 Å². The van der Waals surface area contributed by atoms with Crippen molar-refractivity contribution in [2.75, 3.05) is 5.73 Å². The molecule has 11 heteroatoms. The molecule has 0 aliphatic carbocycles. The number of amides is 1. The molecule has 0 aliphatic heterocycles. The Bertz CT molecular complexity index is 1470. The molecule has 5 aromatic rings. The molecule has 0 unspecified atom stereocenters. The van der Waals surface area contributed by atoms with Crippen LogP contribution < -0.4 is 11.2 Å². The number of nitrogen functional groups attached to an aromatic ring is 1. The molecule has 0 spiro atoms. The van der Waals surface area contributed by atoms with Gasteiger partial charge in [0.2, 0.25) is 0 Å². The molecule has 0 aliphatic rings. The monoisotopic (exact) mass is 461 g/mol. The van der Waals surface area contributed by atoms with Crippen molar-refractivity contribution in [1.82, 2.24) is 25.3 Å². The van der Waals surface area contributed by atoms with E-state index in [2.05, 4.69) is 30.5 Å². The summed E-state index contributed by atoms with van der Waals surface area (Å²) in [6.45, 7) is -0.0757. The first-order valence-corrected chi connectivity index (χ1v) is 10.2. The van der Waals surface area contributed by atoms with Crippen LogP contribution in [0.25, 0.3) is 33.9 Å². The van der Waals surface area contributed by atoms with E-state index in [1.165, 1.54) is 6.21 Å². The second-order valence-corrected chi connectivity index (χ2v) is 7.45. The predicted molar refractivity (Wildman–Crippen MR) is 122 cm³/mol. The summed E-state index contributed by atoms with van der Waals surface area (Å²) in [4.78, 5) is 17.1. The number of hydrogen-bond acceptors (Lipinski definition) is 8. The number of nitrogens with two attached hydrogens (primary N) is 1. The molecule has 0 atom stereocenters. The van der Waals surface area contributed by atoms with E-state index in [0.717, 1.165) is 11.1 Å².